The standard InChI is InChI=1S/C20H29N3O4/c1-3-12-27-17-7-5-10-22(14-17)19(24)21-16-8-9-18-15(13-16)6-4-11-23(18)20(25)26-2/h8-9,13,17H,3-7,10-12,14H2,1-2H3,(H,21,24)/t17-/m0/s1. The van der Waals surface area contributed by atoms with E-state index in [1.165, 1.54) is 7.11 Å². The van der Waals surface area contributed by atoms with Crippen LogP contribution in [0, 0.1) is 0 Å². The molecule has 1 aromatic carbocycles. The minimum absolute atomic E-state index is 0.0969. The number of methoxy groups -OCH3 is 1. The van der Waals surface area contributed by atoms with Crippen LogP contribution in [0.25, 0.3) is 0 Å². The number of anilines is 2. The molecule has 0 aromatic heterocycles. The molecule has 0 saturated carbocycles. The Morgan fingerprint density at radius 2 is 2.11 bits per heavy atom. The molecule has 7 heteroatoms. The van der Waals surface area contributed by atoms with Crippen LogP contribution in [0.5, 0.6) is 0 Å². The molecule has 2 aliphatic heterocycles. The summed E-state index contributed by atoms with van der Waals surface area (Å²) in [5.41, 5.74) is 2.66. The number of piperidine rings is 1. The molecule has 1 fully saturated rings. The molecule has 1 aromatic rings. The van der Waals surface area contributed by atoms with Gasteiger partial charge < -0.3 is 19.7 Å². The first kappa shape index (κ1) is 19.5. The third kappa shape index (κ3) is 4.71. The van der Waals surface area contributed by atoms with E-state index in [1.54, 1.807) is 4.90 Å². The molecule has 0 aliphatic carbocycles. The minimum atomic E-state index is -0.348. The molecule has 3 amide bonds. The maximum absolute atomic E-state index is 12.6. The third-order valence-corrected chi connectivity index (χ3v) is 5.07. The molecule has 0 unspecified atom stereocenters. The van der Waals surface area contributed by atoms with Gasteiger partial charge in [0.05, 0.1) is 18.9 Å². The lowest BCUT2D eigenvalue weighted by Crippen LogP contribution is -2.45. The lowest BCUT2D eigenvalue weighted by Gasteiger charge is -2.33. The number of hydrogen-bond donors (Lipinski definition) is 1. The van der Waals surface area contributed by atoms with Gasteiger partial charge in [0.25, 0.3) is 0 Å². The Kier molecular flexibility index (Phi) is 6.55. The molecule has 27 heavy (non-hydrogen) atoms. The SMILES string of the molecule is CCCO[C@H]1CCCN(C(=O)Nc2ccc3c(c2)CCCN3C(=O)OC)C1. The normalized spacial score (nSPS) is 19.4. The van der Waals surface area contributed by atoms with Crippen LogP contribution in [0.3, 0.4) is 0 Å². The Hall–Kier alpha value is -2.28. The quantitative estimate of drug-likeness (QED) is 0.872. The van der Waals surface area contributed by atoms with Crippen LogP contribution >= 0.6 is 0 Å². The van der Waals surface area contributed by atoms with Crippen molar-refractivity contribution in [2.24, 2.45) is 0 Å². The number of nitrogens with one attached hydrogen (secondary N) is 1. The first-order chi connectivity index (χ1) is 13.1. The zero-order chi connectivity index (χ0) is 19.2. The first-order valence-electron chi connectivity index (χ1n) is 9.78. The first-order valence-corrected chi connectivity index (χ1v) is 9.78. The fourth-order valence-corrected chi connectivity index (χ4v) is 3.72. The van der Waals surface area contributed by atoms with Crippen molar-refractivity contribution in [3.8, 4) is 0 Å². The number of fused-ring (bicyclic) bond motifs is 1. The van der Waals surface area contributed by atoms with Gasteiger partial charge in [-0.25, -0.2) is 9.59 Å². The van der Waals surface area contributed by atoms with Gasteiger partial charge in [-0.15, -0.1) is 0 Å². The van der Waals surface area contributed by atoms with Crippen molar-refractivity contribution in [1.29, 1.82) is 0 Å². The number of hydrogen-bond acceptors (Lipinski definition) is 4. The summed E-state index contributed by atoms with van der Waals surface area (Å²) >= 11 is 0. The van der Waals surface area contributed by atoms with Crippen LogP contribution in [-0.4, -0.2) is 56.5 Å². The number of nitrogens with zero attached hydrogens (tertiary/aromatic N) is 2. The van der Waals surface area contributed by atoms with Crippen LogP contribution in [0.1, 0.15) is 38.2 Å². The summed E-state index contributed by atoms with van der Waals surface area (Å²) in [7, 11) is 1.39. The number of aryl methyl sites for hydroxylation is 1. The Morgan fingerprint density at radius 3 is 2.89 bits per heavy atom. The van der Waals surface area contributed by atoms with Gasteiger partial charge in [-0.3, -0.25) is 4.90 Å². The number of amides is 3. The second-order valence-corrected chi connectivity index (χ2v) is 7.08. The average molecular weight is 375 g/mol. The van der Waals surface area contributed by atoms with Crippen LogP contribution < -0.4 is 10.2 Å². The van der Waals surface area contributed by atoms with Crippen LogP contribution in [-0.2, 0) is 15.9 Å². The highest BCUT2D eigenvalue weighted by Gasteiger charge is 2.26. The summed E-state index contributed by atoms with van der Waals surface area (Å²) in [6.45, 7) is 4.86. The fraction of sp³-hybridized carbons (Fsp3) is 0.600. The van der Waals surface area contributed by atoms with Gasteiger partial charge in [0.1, 0.15) is 0 Å². The Bertz CT molecular complexity index is 679. The molecule has 0 radical (unpaired) electrons. The van der Waals surface area contributed by atoms with Crippen LogP contribution in [0.4, 0.5) is 21.0 Å². The number of rotatable bonds is 4. The zero-order valence-corrected chi connectivity index (χ0v) is 16.2. The van der Waals surface area contributed by atoms with Gasteiger partial charge in [-0.05, 0) is 55.9 Å². The van der Waals surface area contributed by atoms with E-state index in [0.717, 1.165) is 62.2 Å². The van der Waals surface area contributed by atoms with Crippen LogP contribution in [0.2, 0.25) is 0 Å². The van der Waals surface area contributed by atoms with E-state index in [-0.39, 0.29) is 18.2 Å². The third-order valence-electron chi connectivity index (χ3n) is 5.07. The highest BCUT2D eigenvalue weighted by atomic mass is 16.5. The predicted octanol–water partition coefficient (Wildman–Crippen LogP) is 3.63. The molecule has 148 valence electrons. The molecule has 3 rings (SSSR count). The summed E-state index contributed by atoms with van der Waals surface area (Å²) in [5.74, 6) is 0. The highest BCUT2D eigenvalue weighted by molar-refractivity contribution is 5.92. The second kappa shape index (κ2) is 9.08. The monoisotopic (exact) mass is 375 g/mol. The summed E-state index contributed by atoms with van der Waals surface area (Å²) in [5, 5.41) is 2.99. The smallest absolute Gasteiger partial charge is 0.414 e. The number of carbonyl (C=O) groups excluding carboxylic acids is 2. The lowest BCUT2D eigenvalue weighted by molar-refractivity contribution is 0.0115. The number of ether oxygens (including phenoxy) is 2. The van der Waals surface area contributed by atoms with E-state index in [4.69, 9.17) is 9.47 Å². The molecule has 7 nitrogen and oxygen atoms in total. The molecule has 0 bridgehead atoms. The van der Waals surface area contributed by atoms with E-state index in [9.17, 15) is 9.59 Å². The zero-order valence-electron chi connectivity index (χ0n) is 16.2. The molecule has 1 N–H and O–H groups in total. The number of carbonyl (C=O) groups is 2. The highest BCUT2D eigenvalue weighted by Crippen LogP contribution is 2.30. The van der Waals surface area contributed by atoms with Gasteiger partial charge >= 0.3 is 12.1 Å². The Balaban J connectivity index is 1.64. The van der Waals surface area contributed by atoms with Crippen molar-refractivity contribution in [1.82, 2.24) is 4.90 Å². The van der Waals surface area contributed by atoms with E-state index in [2.05, 4.69) is 12.2 Å². The summed E-state index contributed by atoms with van der Waals surface area (Å²) in [4.78, 5) is 28.0. The van der Waals surface area contributed by atoms with Crippen molar-refractivity contribution < 1.29 is 19.1 Å². The topological polar surface area (TPSA) is 71.1 Å². The van der Waals surface area contributed by atoms with E-state index in [1.807, 2.05) is 23.1 Å². The summed E-state index contributed by atoms with van der Waals surface area (Å²) in [6, 6.07) is 5.58. The van der Waals surface area contributed by atoms with Gasteiger partial charge in [0.15, 0.2) is 0 Å². The maximum Gasteiger partial charge on any atom is 0.414 e. The maximum atomic E-state index is 12.6. The molecule has 2 heterocycles. The van der Waals surface area contributed by atoms with Crippen LogP contribution in [0.15, 0.2) is 18.2 Å². The van der Waals surface area contributed by atoms with Crippen molar-refractivity contribution in [3.63, 3.8) is 0 Å². The van der Waals surface area contributed by atoms with Gasteiger partial charge in [-0.1, -0.05) is 6.92 Å². The van der Waals surface area contributed by atoms with E-state index >= 15 is 0 Å². The van der Waals surface area contributed by atoms with Gasteiger partial charge in [0, 0.05) is 31.9 Å². The Labute approximate surface area is 160 Å². The molecule has 1 atom stereocenters. The van der Waals surface area contributed by atoms with Crippen molar-refractivity contribution in [2.45, 2.75) is 45.1 Å². The molecule has 0 spiro atoms. The summed E-state index contributed by atoms with van der Waals surface area (Å²) in [6.07, 6.45) is 4.48. The number of likely N-dealkylation sites (tertiary alicyclic amines) is 1. The van der Waals surface area contributed by atoms with Gasteiger partial charge in [-0.2, -0.15) is 0 Å². The molecular formula is C20H29N3O4. The van der Waals surface area contributed by atoms with Crippen molar-refractivity contribution >= 4 is 23.5 Å². The lowest BCUT2D eigenvalue weighted by atomic mass is 10.0. The number of urea groups is 1. The van der Waals surface area contributed by atoms with E-state index < -0.39 is 0 Å². The largest absolute Gasteiger partial charge is 0.452 e. The second-order valence-electron chi connectivity index (χ2n) is 7.08. The van der Waals surface area contributed by atoms with Gasteiger partial charge in [0.2, 0.25) is 0 Å². The van der Waals surface area contributed by atoms with Crippen molar-refractivity contribution in [3.05, 3.63) is 23.8 Å². The molecule has 1 saturated heterocycles. The Morgan fingerprint density at radius 1 is 1.26 bits per heavy atom. The van der Waals surface area contributed by atoms with Crippen molar-refractivity contribution in [2.75, 3.05) is 43.6 Å². The van der Waals surface area contributed by atoms with E-state index in [0.29, 0.717) is 13.1 Å². The minimum Gasteiger partial charge on any atom is -0.452 e. The predicted molar refractivity (Wildman–Crippen MR) is 104 cm³/mol. The average Bonchev–Trinajstić information content (AvgIpc) is 2.71. The molecule has 2 aliphatic rings. The fourth-order valence-electron chi connectivity index (χ4n) is 3.72. The number of benzene rings is 1. The summed E-state index contributed by atoms with van der Waals surface area (Å²) < 4.78 is 10.7. The molecular weight excluding hydrogens is 346 g/mol.